The molecule has 0 aromatic heterocycles. The van der Waals surface area contributed by atoms with Crippen molar-refractivity contribution in [3.63, 3.8) is 0 Å². The van der Waals surface area contributed by atoms with Crippen LogP contribution in [0.4, 0.5) is 11.4 Å². The molecule has 7 heteroatoms. The van der Waals surface area contributed by atoms with Crippen LogP contribution in [0.5, 0.6) is 5.75 Å². The lowest BCUT2D eigenvalue weighted by atomic mass is 10.0. The van der Waals surface area contributed by atoms with Gasteiger partial charge < -0.3 is 5.11 Å². The maximum Gasteiger partial charge on any atom is 0.317 e. The van der Waals surface area contributed by atoms with E-state index >= 15 is 0 Å². The molecule has 0 saturated heterocycles. The highest BCUT2D eigenvalue weighted by atomic mass is 16.6. The summed E-state index contributed by atoms with van der Waals surface area (Å²) in [7, 11) is 0. The number of rotatable bonds is 5. The van der Waals surface area contributed by atoms with Gasteiger partial charge in [0.15, 0.2) is 5.75 Å². The van der Waals surface area contributed by atoms with Gasteiger partial charge in [-0.15, -0.1) is 0 Å². The molecular formula is C11H14N2O5. The van der Waals surface area contributed by atoms with Gasteiger partial charge in [-0.2, -0.15) is 0 Å². The van der Waals surface area contributed by atoms with Crippen LogP contribution < -0.4 is 0 Å². The van der Waals surface area contributed by atoms with Crippen molar-refractivity contribution >= 4 is 11.4 Å². The Bertz CT molecular complexity index is 485. The molecule has 1 aromatic carbocycles. The highest BCUT2D eigenvalue weighted by molar-refractivity contribution is 5.57. The van der Waals surface area contributed by atoms with E-state index in [4.69, 9.17) is 0 Å². The first-order valence-electron chi connectivity index (χ1n) is 5.47. The van der Waals surface area contributed by atoms with Gasteiger partial charge >= 0.3 is 5.69 Å². The molecule has 1 rings (SSSR count). The molecule has 0 saturated carbocycles. The lowest BCUT2D eigenvalue weighted by Gasteiger charge is -2.07. The van der Waals surface area contributed by atoms with E-state index in [1.807, 2.05) is 13.8 Å². The number of aromatic hydroxyl groups is 1. The summed E-state index contributed by atoms with van der Waals surface area (Å²) >= 11 is 0. The topological polar surface area (TPSA) is 107 Å². The third kappa shape index (κ3) is 3.16. The van der Waals surface area contributed by atoms with Crippen LogP contribution in [0.15, 0.2) is 12.1 Å². The van der Waals surface area contributed by atoms with Crippen molar-refractivity contribution in [1.82, 2.24) is 0 Å². The van der Waals surface area contributed by atoms with E-state index in [0.717, 1.165) is 6.07 Å². The monoisotopic (exact) mass is 254 g/mol. The fourth-order valence-electron chi connectivity index (χ4n) is 1.54. The number of aryl methyl sites for hydroxylation is 1. The number of benzene rings is 1. The minimum absolute atomic E-state index is 0.240. The molecule has 0 heterocycles. The Morgan fingerprint density at radius 2 is 1.83 bits per heavy atom. The van der Waals surface area contributed by atoms with Crippen LogP contribution in [0.25, 0.3) is 0 Å². The predicted molar refractivity (Wildman–Crippen MR) is 64.6 cm³/mol. The molecule has 98 valence electrons. The number of nitro groups is 2. The van der Waals surface area contributed by atoms with E-state index in [-0.39, 0.29) is 11.3 Å². The molecule has 7 nitrogen and oxygen atoms in total. The second-order valence-corrected chi connectivity index (χ2v) is 4.42. The van der Waals surface area contributed by atoms with Gasteiger partial charge in [-0.25, -0.2) is 0 Å². The lowest BCUT2D eigenvalue weighted by molar-refractivity contribution is -0.394. The van der Waals surface area contributed by atoms with E-state index in [1.54, 1.807) is 0 Å². The van der Waals surface area contributed by atoms with Crippen LogP contribution in [-0.2, 0) is 6.42 Å². The Morgan fingerprint density at radius 1 is 1.22 bits per heavy atom. The van der Waals surface area contributed by atoms with Crippen molar-refractivity contribution in [2.45, 2.75) is 26.7 Å². The molecule has 0 amide bonds. The van der Waals surface area contributed by atoms with Crippen LogP contribution in [-0.4, -0.2) is 15.0 Å². The lowest BCUT2D eigenvalue weighted by Crippen LogP contribution is -1.99. The number of nitrogens with zero attached hydrogens (tertiary/aromatic N) is 2. The van der Waals surface area contributed by atoms with Crippen LogP contribution in [0, 0.1) is 26.1 Å². The second-order valence-electron chi connectivity index (χ2n) is 4.42. The Labute approximate surface area is 103 Å². The van der Waals surface area contributed by atoms with Gasteiger partial charge in [0.25, 0.3) is 5.69 Å². The fraction of sp³-hybridized carbons (Fsp3) is 0.455. The number of nitro benzene ring substituents is 2. The number of hydrogen-bond donors (Lipinski definition) is 1. The van der Waals surface area contributed by atoms with E-state index in [1.165, 1.54) is 6.07 Å². The smallest absolute Gasteiger partial charge is 0.317 e. The maximum atomic E-state index is 10.7. The van der Waals surface area contributed by atoms with Gasteiger partial charge in [-0.05, 0) is 18.8 Å². The van der Waals surface area contributed by atoms with Crippen molar-refractivity contribution in [2.24, 2.45) is 5.92 Å². The number of phenolic OH excluding ortho intramolecular Hbond substituents is 1. The molecule has 0 fully saturated rings. The molecule has 0 unspecified atom stereocenters. The summed E-state index contributed by atoms with van der Waals surface area (Å²) in [5.74, 6) is -0.144. The predicted octanol–water partition coefficient (Wildman–Crippen LogP) is 2.80. The average Bonchev–Trinajstić information content (AvgIpc) is 2.26. The largest absolute Gasteiger partial charge is 0.502 e. The zero-order valence-corrected chi connectivity index (χ0v) is 10.1. The molecule has 1 aromatic rings. The summed E-state index contributed by atoms with van der Waals surface area (Å²) in [6, 6.07) is 1.96. The van der Waals surface area contributed by atoms with E-state index < -0.39 is 21.3 Å². The van der Waals surface area contributed by atoms with Crippen LogP contribution in [0.2, 0.25) is 0 Å². The van der Waals surface area contributed by atoms with Crippen LogP contribution in [0.3, 0.4) is 0 Å². The first-order chi connectivity index (χ1) is 8.32. The first kappa shape index (κ1) is 13.9. The molecule has 0 bridgehead atoms. The molecule has 0 atom stereocenters. The van der Waals surface area contributed by atoms with Gasteiger partial charge in [0.1, 0.15) is 0 Å². The second kappa shape index (κ2) is 5.44. The minimum Gasteiger partial charge on any atom is -0.502 e. The van der Waals surface area contributed by atoms with Gasteiger partial charge in [-0.3, -0.25) is 20.2 Å². The Morgan fingerprint density at radius 3 is 2.28 bits per heavy atom. The molecule has 18 heavy (non-hydrogen) atoms. The fourth-order valence-corrected chi connectivity index (χ4v) is 1.54. The van der Waals surface area contributed by atoms with E-state index in [0.29, 0.717) is 18.8 Å². The highest BCUT2D eigenvalue weighted by Gasteiger charge is 2.23. The van der Waals surface area contributed by atoms with Crippen LogP contribution >= 0.6 is 0 Å². The average molecular weight is 254 g/mol. The number of hydrogen-bond acceptors (Lipinski definition) is 5. The molecular weight excluding hydrogens is 240 g/mol. The summed E-state index contributed by atoms with van der Waals surface area (Å²) in [5, 5.41) is 31.1. The van der Waals surface area contributed by atoms with Gasteiger partial charge in [-0.1, -0.05) is 13.8 Å². The first-order valence-corrected chi connectivity index (χ1v) is 5.47. The van der Waals surface area contributed by atoms with E-state index in [2.05, 4.69) is 0 Å². The summed E-state index contributed by atoms with van der Waals surface area (Å²) < 4.78 is 0. The summed E-state index contributed by atoms with van der Waals surface area (Å²) in [4.78, 5) is 19.9. The Kier molecular flexibility index (Phi) is 4.19. The zero-order chi connectivity index (χ0) is 13.9. The summed E-state index contributed by atoms with van der Waals surface area (Å²) in [6.07, 6.45) is 1.05. The van der Waals surface area contributed by atoms with Crippen molar-refractivity contribution in [2.75, 3.05) is 0 Å². The maximum absolute atomic E-state index is 10.7. The van der Waals surface area contributed by atoms with E-state index in [9.17, 15) is 25.3 Å². The standard InChI is InChI=1S/C11H14N2O5/c1-7(2)3-4-8-5-9(12(15)16)6-10(11(8)14)13(17)18/h5-7,14H,3-4H2,1-2H3. The van der Waals surface area contributed by atoms with Crippen LogP contribution in [0.1, 0.15) is 25.8 Å². The Hall–Kier alpha value is -2.18. The third-order valence-corrected chi connectivity index (χ3v) is 2.55. The third-order valence-electron chi connectivity index (χ3n) is 2.55. The van der Waals surface area contributed by atoms with Gasteiger partial charge in [0, 0.05) is 11.6 Å². The summed E-state index contributed by atoms with van der Waals surface area (Å²) in [5.41, 5.74) is -0.759. The molecule has 0 aliphatic heterocycles. The zero-order valence-electron chi connectivity index (χ0n) is 10.1. The molecule has 1 N–H and O–H groups in total. The quantitative estimate of drug-likeness (QED) is 0.642. The van der Waals surface area contributed by atoms with Crippen molar-refractivity contribution in [1.29, 1.82) is 0 Å². The van der Waals surface area contributed by atoms with Crippen molar-refractivity contribution < 1.29 is 15.0 Å². The highest BCUT2D eigenvalue weighted by Crippen LogP contribution is 2.35. The Balaban J connectivity index is 3.22. The van der Waals surface area contributed by atoms with Crippen molar-refractivity contribution in [3.05, 3.63) is 37.9 Å². The molecule has 0 radical (unpaired) electrons. The normalized spacial score (nSPS) is 10.6. The molecule has 0 aliphatic rings. The minimum atomic E-state index is -0.818. The number of phenols is 1. The molecule has 0 aliphatic carbocycles. The summed E-state index contributed by atoms with van der Waals surface area (Å²) in [6.45, 7) is 3.92. The SMILES string of the molecule is CC(C)CCc1cc([N+](=O)[O-])cc([N+](=O)[O-])c1O. The van der Waals surface area contributed by atoms with Gasteiger partial charge in [0.05, 0.1) is 15.9 Å². The van der Waals surface area contributed by atoms with Gasteiger partial charge in [0.2, 0.25) is 0 Å². The van der Waals surface area contributed by atoms with Crippen molar-refractivity contribution in [3.8, 4) is 5.75 Å². The molecule has 0 spiro atoms. The number of non-ortho nitro benzene ring substituents is 1.